The number of halogens is 2. The molecule has 0 N–H and O–H groups in total. The highest BCUT2D eigenvalue weighted by Gasteiger charge is 2.13. The fourth-order valence-corrected chi connectivity index (χ4v) is 0.579. The minimum absolute atomic E-state index is 0.0231. The molecule has 0 aliphatic rings. The average Bonchev–Trinajstić information content (AvgIpc) is 1.85. The van der Waals surface area contributed by atoms with Crippen molar-refractivity contribution in [2.75, 3.05) is 0 Å². The highest BCUT2D eigenvalue weighted by atomic mass is 35.5. The van der Waals surface area contributed by atoms with E-state index in [-0.39, 0.29) is 10.4 Å². The average molecular weight is 189 g/mol. The molecule has 2 heteroatoms. The van der Waals surface area contributed by atoms with Crippen LogP contribution >= 0.6 is 11.6 Å². The van der Waals surface area contributed by atoms with E-state index in [0.29, 0.717) is 0 Å². The second kappa shape index (κ2) is 3.90. The molecule has 0 aromatic heterocycles. The molecule has 0 nitrogen and oxygen atoms in total. The Kier molecular flexibility index (Phi) is 3.72. The molecule has 0 atom stereocenters. The number of rotatable bonds is 2. The zero-order valence-corrected chi connectivity index (χ0v) is 8.50. The van der Waals surface area contributed by atoms with Gasteiger partial charge in [0.2, 0.25) is 0 Å². The highest BCUT2D eigenvalue weighted by Crippen LogP contribution is 2.27. The second-order valence-electron chi connectivity index (χ2n) is 3.67. The molecule has 0 bridgehead atoms. The van der Waals surface area contributed by atoms with Gasteiger partial charge in [0.15, 0.2) is 0 Å². The fourth-order valence-electron chi connectivity index (χ4n) is 0.448. The third kappa shape index (κ3) is 3.72. The Morgan fingerprint density at radius 1 is 1.33 bits per heavy atom. The molecular weight excluding hydrogens is 175 g/mol. The van der Waals surface area contributed by atoms with Crippen LogP contribution in [-0.2, 0) is 0 Å². The Balaban J connectivity index is 4.57. The Morgan fingerprint density at radius 2 is 1.75 bits per heavy atom. The Morgan fingerprint density at radius 3 is 2.00 bits per heavy atom. The topological polar surface area (TPSA) is 0 Å². The first-order chi connectivity index (χ1) is 5.25. The van der Waals surface area contributed by atoms with E-state index in [1.165, 1.54) is 6.08 Å². The summed E-state index contributed by atoms with van der Waals surface area (Å²) in [6.45, 7) is 12.8. The molecule has 0 unspecified atom stereocenters. The van der Waals surface area contributed by atoms with Gasteiger partial charge in [0, 0.05) is 0 Å². The number of hydrogen-bond donors (Lipinski definition) is 0. The molecular formula is C10H14ClF. The maximum absolute atomic E-state index is 12.4. The van der Waals surface area contributed by atoms with Crippen LogP contribution in [0.1, 0.15) is 20.8 Å². The lowest BCUT2D eigenvalue weighted by atomic mass is 9.87. The van der Waals surface area contributed by atoms with E-state index in [1.54, 1.807) is 0 Å². The molecule has 0 aliphatic carbocycles. The minimum Gasteiger partial charge on any atom is -0.206 e. The fraction of sp³-hybridized carbons (Fsp3) is 0.400. The summed E-state index contributed by atoms with van der Waals surface area (Å²) in [4.78, 5) is 0. The lowest BCUT2D eigenvalue weighted by Crippen LogP contribution is -2.06. The van der Waals surface area contributed by atoms with E-state index in [4.69, 9.17) is 11.6 Å². The van der Waals surface area contributed by atoms with Crippen molar-refractivity contribution < 1.29 is 4.39 Å². The van der Waals surface area contributed by atoms with Crippen LogP contribution in [0.25, 0.3) is 0 Å². The largest absolute Gasteiger partial charge is 0.206 e. The monoisotopic (exact) mass is 188 g/mol. The summed E-state index contributed by atoms with van der Waals surface area (Å²) in [6, 6.07) is 0. The summed E-state index contributed by atoms with van der Waals surface area (Å²) in [5.74, 6) is -0.623. The Labute approximate surface area is 78.4 Å². The van der Waals surface area contributed by atoms with Crippen molar-refractivity contribution in [3.05, 3.63) is 35.7 Å². The normalized spacial score (nSPS) is 12.9. The van der Waals surface area contributed by atoms with Crippen LogP contribution in [0.5, 0.6) is 0 Å². The summed E-state index contributed by atoms with van der Waals surface area (Å²) < 4.78 is 12.4. The molecule has 0 aliphatic heterocycles. The van der Waals surface area contributed by atoms with Crippen LogP contribution in [0, 0.1) is 5.41 Å². The SMILES string of the molecule is C=C(F)/C(Cl)=C\C(=C)C(C)(C)C. The smallest absolute Gasteiger partial charge is 0.134 e. The molecule has 0 aromatic carbocycles. The van der Waals surface area contributed by atoms with Crippen molar-refractivity contribution in [3.63, 3.8) is 0 Å². The summed E-state index contributed by atoms with van der Waals surface area (Å²) >= 11 is 5.54. The van der Waals surface area contributed by atoms with Gasteiger partial charge in [-0.15, -0.1) is 0 Å². The maximum Gasteiger partial charge on any atom is 0.134 e. The van der Waals surface area contributed by atoms with Gasteiger partial charge < -0.3 is 0 Å². The maximum atomic E-state index is 12.4. The van der Waals surface area contributed by atoms with Gasteiger partial charge in [-0.2, -0.15) is 0 Å². The quantitative estimate of drug-likeness (QED) is 0.570. The molecule has 0 saturated carbocycles. The molecule has 0 heterocycles. The van der Waals surface area contributed by atoms with Crippen molar-refractivity contribution in [1.82, 2.24) is 0 Å². The summed E-state index contributed by atoms with van der Waals surface area (Å²) in [5, 5.41) is 0.0231. The van der Waals surface area contributed by atoms with Gasteiger partial charge in [-0.3, -0.25) is 0 Å². The molecule has 0 saturated heterocycles. The van der Waals surface area contributed by atoms with Crippen molar-refractivity contribution in [1.29, 1.82) is 0 Å². The Bertz CT molecular complexity index is 231. The van der Waals surface area contributed by atoms with Gasteiger partial charge in [0.25, 0.3) is 0 Å². The number of allylic oxidation sites excluding steroid dienone is 4. The van der Waals surface area contributed by atoms with Crippen LogP contribution in [0.2, 0.25) is 0 Å². The zero-order chi connectivity index (χ0) is 9.94. The van der Waals surface area contributed by atoms with Crippen LogP contribution in [0.4, 0.5) is 4.39 Å². The lowest BCUT2D eigenvalue weighted by molar-refractivity contribution is 0.518. The summed E-state index contributed by atoms with van der Waals surface area (Å²) in [6.07, 6.45) is 1.50. The first-order valence-electron chi connectivity index (χ1n) is 3.66. The first-order valence-corrected chi connectivity index (χ1v) is 4.04. The first kappa shape index (κ1) is 11.4. The molecule has 0 rings (SSSR count). The molecule has 0 radical (unpaired) electrons. The van der Waals surface area contributed by atoms with Gasteiger partial charge in [-0.25, -0.2) is 4.39 Å². The molecule has 0 spiro atoms. The standard InChI is InChI=1S/C10H14ClF/c1-7(10(3,4)5)6-9(11)8(2)12/h6H,1-2H2,3-5H3/b9-6+. The van der Waals surface area contributed by atoms with E-state index in [0.717, 1.165) is 5.57 Å². The lowest BCUT2D eigenvalue weighted by Gasteiger charge is -2.18. The highest BCUT2D eigenvalue weighted by molar-refractivity contribution is 6.31. The predicted molar refractivity (Wildman–Crippen MR) is 52.8 cm³/mol. The number of hydrogen-bond acceptors (Lipinski definition) is 0. The van der Waals surface area contributed by atoms with E-state index >= 15 is 0 Å². The summed E-state index contributed by atoms with van der Waals surface area (Å²) in [7, 11) is 0. The molecule has 0 amide bonds. The van der Waals surface area contributed by atoms with Crippen LogP contribution in [-0.4, -0.2) is 0 Å². The molecule has 68 valence electrons. The van der Waals surface area contributed by atoms with E-state index in [2.05, 4.69) is 13.2 Å². The van der Waals surface area contributed by atoms with Crippen molar-refractivity contribution in [3.8, 4) is 0 Å². The van der Waals surface area contributed by atoms with E-state index < -0.39 is 5.83 Å². The van der Waals surface area contributed by atoms with Gasteiger partial charge >= 0.3 is 0 Å². The molecule has 0 aromatic rings. The molecule has 12 heavy (non-hydrogen) atoms. The minimum atomic E-state index is -0.623. The van der Waals surface area contributed by atoms with Gasteiger partial charge in [-0.1, -0.05) is 45.5 Å². The third-order valence-electron chi connectivity index (χ3n) is 1.52. The van der Waals surface area contributed by atoms with Gasteiger partial charge in [-0.05, 0) is 17.1 Å². The van der Waals surface area contributed by atoms with E-state index in [1.807, 2.05) is 20.8 Å². The van der Waals surface area contributed by atoms with Crippen LogP contribution in [0.3, 0.4) is 0 Å². The van der Waals surface area contributed by atoms with Crippen molar-refractivity contribution >= 4 is 11.6 Å². The van der Waals surface area contributed by atoms with Crippen molar-refractivity contribution in [2.24, 2.45) is 5.41 Å². The molecule has 0 fully saturated rings. The third-order valence-corrected chi connectivity index (χ3v) is 1.84. The van der Waals surface area contributed by atoms with Crippen molar-refractivity contribution in [2.45, 2.75) is 20.8 Å². The Hall–Kier alpha value is -0.560. The van der Waals surface area contributed by atoms with E-state index in [9.17, 15) is 4.39 Å². The second-order valence-corrected chi connectivity index (χ2v) is 4.08. The summed E-state index contributed by atoms with van der Waals surface area (Å²) in [5.41, 5.74) is 0.696. The predicted octanol–water partition coefficient (Wildman–Crippen LogP) is 4.19. The zero-order valence-electron chi connectivity index (χ0n) is 7.75. The van der Waals surface area contributed by atoms with Gasteiger partial charge in [0.1, 0.15) is 5.83 Å². The van der Waals surface area contributed by atoms with Crippen LogP contribution < -0.4 is 0 Å². The van der Waals surface area contributed by atoms with Gasteiger partial charge in [0.05, 0.1) is 5.03 Å². The van der Waals surface area contributed by atoms with Crippen LogP contribution in [0.15, 0.2) is 35.7 Å².